The van der Waals surface area contributed by atoms with E-state index >= 15 is 0 Å². The van der Waals surface area contributed by atoms with Crippen LogP contribution in [0.2, 0.25) is 0 Å². The molecule has 0 fully saturated rings. The molecule has 0 aromatic heterocycles. The minimum absolute atomic E-state index is 0.431. The second-order valence-corrected chi connectivity index (χ2v) is 3.41. The van der Waals surface area contributed by atoms with Crippen molar-refractivity contribution in [1.82, 2.24) is 5.43 Å². The van der Waals surface area contributed by atoms with Gasteiger partial charge in [0.15, 0.2) is 0 Å². The Morgan fingerprint density at radius 1 is 1.42 bits per heavy atom. The average Bonchev–Trinajstić information content (AvgIpc) is 1.98. The normalized spacial score (nSPS) is 14.6. The summed E-state index contributed by atoms with van der Waals surface area (Å²) in [6, 6.07) is 0. The summed E-state index contributed by atoms with van der Waals surface area (Å²) in [5.74, 6) is 2.03. The van der Waals surface area contributed by atoms with Crippen LogP contribution in [0.25, 0.3) is 0 Å². The summed E-state index contributed by atoms with van der Waals surface area (Å²) in [6.07, 6.45) is 1.12. The molecule has 0 aliphatic heterocycles. The molecule has 3 nitrogen and oxygen atoms in total. The fourth-order valence-electron chi connectivity index (χ4n) is 1.28. The maximum absolute atomic E-state index is 4.10. The zero-order chi connectivity index (χ0) is 9.56. The molecule has 0 saturated heterocycles. The van der Waals surface area contributed by atoms with E-state index in [0.717, 1.165) is 12.3 Å². The number of hydrazone groups is 1. The summed E-state index contributed by atoms with van der Waals surface area (Å²) in [7, 11) is 1.77. The van der Waals surface area contributed by atoms with Gasteiger partial charge in [-0.05, 0) is 12.3 Å². The summed E-state index contributed by atoms with van der Waals surface area (Å²) >= 11 is 0. The topological polar surface area (TPSA) is 36.8 Å². The lowest BCUT2D eigenvalue weighted by atomic mass is 9.98. The second-order valence-electron chi connectivity index (χ2n) is 3.41. The van der Waals surface area contributed by atoms with Gasteiger partial charge in [0, 0.05) is 19.7 Å². The lowest BCUT2D eigenvalue weighted by molar-refractivity contribution is 0.513. The molecule has 1 N–H and O–H groups in total. The van der Waals surface area contributed by atoms with Crippen molar-refractivity contribution in [3.63, 3.8) is 0 Å². The summed E-state index contributed by atoms with van der Waals surface area (Å²) in [5, 5.41) is 3.60. The van der Waals surface area contributed by atoms with Gasteiger partial charge in [-0.3, -0.25) is 10.4 Å². The lowest BCUT2D eigenvalue weighted by Gasteiger charge is -2.15. The largest absolute Gasteiger partial charge is 0.274 e. The summed E-state index contributed by atoms with van der Waals surface area (Å²) in [4.78, 5) is 4.10. The summed E-state index contributed by atoms with van der Waals surface area (Å²) in [5.41, 5.74) is 2.80. The Balaban J connectivity index is 4.03. The summed E-state index contributed by atoms with van der Waals surface area (Å²) in [6.45, 7) is 9.91. The molecule has 0 spiro atoms. The molecule has 0 aliphatic rings. The van der Waals surface area contributed by atoms with Crippen molar-refractivity contribution in [1.29, 1.82) is 0 Å². The minimum atomic E-state index is 0.431. The molecule has 0 rings (SSSR count). The van der Waals surface area contributed by atoms with Crippen LogP contribution in [0.5, 0.6) is 0 Å². The van der Waals surface area contributed by atoms with Gasteiger partial charge in [-0.2, -0.15) is 5.10 Å². The quantitative estimate of drug-likeness (QED) is 0.389. The van der Waals surface area contributed by atoms with Gasteiger partial charge in [0.1, 0.15) is 5.84 Å². The van der Waals surface area contributed by atoms with Gasteiger partial charge in [-0.1, -0.05) is 20.8 Å². The van der Waals surface area contributed by atoms with Crippen molar-refractivity contribution >= 4 is 12.6 Å². The molecule has 0 radical (unpaired) electrons. The van der Waals surface area contributed by atoms with Gasteiger partial charge in [0.05, 0.1) is 0 Å². The number of hydrogen-bond donors (Lipinski definition) is 1. The van der Waals surface area contributed by atoms with Crippen molar-refractivity contribution in [3.8, 4) is 0 Å². The second kappa shape index (κ2) is 5.75. The van der Waals surface area contributed by atoms with Gasteiger partial charge >= 0.3 is 0 Å². The van der Waals surface area contributed by atoms with Gasteiger partial charge < -0.3 is 0 Å². The molecule has 1 atom stereocenters. The first-order valence-electron chi connectivity index (χ1n) is 4.30. The number of nitrogens with one attached hydrogen (secondary N) is 1. The van der Waals surface area contributed by atoms with E-state index in [1.807, 2.05) is 0 Å². The molecule has 0 heterocycles. The fraction of sp³-hybridized carbons (Fsp3) is 0.778. The highest BCUT2D eigenvalue weighted by molar-refractivity contribution is 5.84. The van der Waals surface area contributed by atoms with Gasteiger partial charge in [0.25, 0.3) is 0 Å². The molecule has 1 unspecified atom stereocenters. The Morgan fingerprint density at radius 2 is 2.00 bits per heavy atom. The van der Waals surface area contributed by atoms with Crippen LogP contribution >= 0.6 is 0 Å². The Morgan fingerprint density at radius 3 is 2.33 bits per heavy atom. The van der Waals surface area contributed by atoms with E-state index in [1.54, 1.807) is 7.05 Å². The zero-order valence-corrected chi connectivity index (χ0v) is 8.46. The highest BCUT2D eigenvalue weighted by Gasteiger charge is 2.10. The van der Waals surface area contributed by atoms with Crippen LogP contribution in [0, 0.1) is 11.8 Å². The van der Waals surface area contributed by atoms with E-state index in [-0.39, 0.29) is 0 Å². The van der Waals surface area contributed by atoms with Crippen LogP contribution in [0.4, 0.5) is 0 Å². The Bertz CT molecular complexity index is 161. The molecule has 0 aliphatic carbocycles. The molecule has 3 heteroatoms. The van der Waals surface area contributed by atoms with Crippen LogP contribution in [0.1, 0.15) is 27.2 Å². The molecular formula is C9H19N3. The third-order valence-corrected chi connectivity index (χ3v) is 1.73. The van der Waals surface area contributed by atoms with Gasteiger partial charge in [0.2, 0.25) is 0 Å². The van der Waals surface area contributed by atoms with Crippen molar-refractivity contribution in [2.45, 2.75) is 27.2 Å². The van der Waals surface area contributed by atoms with Crippen LogP contribution < -0.4 is 5.43 Å². The van der Waals surface area contributed by atoms with Crippen LogP contribution in [0.3, 0.4) is 0 Å². The monoisotopic (exact) mass is 169 g/mol. The number of amidine groups is 1. The minimum Gasteiger partial charge on any atom is -0.274 e. The van der Waals surface area contributed by atoms with Gasteiger partial charge in [-0.15, -0.1) is 0 Å². The highest BCUT2D eigenvalue weighted by Crippen LogP contribution is 2.11. The van der Waals surface area contributed by atoms with Crippen molar-refractivity contribution in [2.75, 3.05) is 7.05 Å². The van der Waals surface area contributed by atoms with E-state index in [4.69, 9.17) is 0 Å². The van der Waals surface area contributed by atoms with E-state index in [1.165, 1.54) is 0 Å². The van der Waals surface area contributed by atoms with E-state index in [2.05, 4.69) is 43.0 Å². The third kappa shape index (κ3) is 4.11. The highest BCUT2D eigenvalue weighted by atomic mass is 15.3. The van der Waals surface area contributed by atoms with Crippen molar-refractivity contribution in [3.05, 3.63) is 0 Å². The van der Waals surface area contributed by atoms with Crippen molar-refractivity contribution < 1.29 is 0 Å². The Labute approximate surface area is 75.0 Å². The molecule has 0 amide bonds. The zero-order valence-electron chi connectivity index (χ0n) is 8.46. The standard InChI is InChI=1S/C9H19N3/c1-7(2)6-8(3)9(10-4)12-11-5/h7-8H,5-6H2,1-4H3,(H,10,12). The van der Waals surface area contributed by atoms with E-state index < -0.39 is 0 Å². The molecular weight excluding hydrogens is 150 g/mol. The van der Waals surface area contributed by atoms with E-state index in [9.17, 15) is 0 Å². The SMILES string of the molecule is C=NNC(=NC)C(C)CC(C)C. The summed E-state index contributed by atoms with van der Waals surface area (Å²) < 4.78 is 0. The van der Waals surface area contributed by atoms with Crippen molar-refractivity contribution in [2.24, 2.45) is 21.9 Å². The smallest absolute Gasteiger partial charge is 0.119 e. The first kappa shape index (κ1) is 11.1. The predicted octanol–water partition coefficient (Wildman–Crippen LogP) is 1.90. The maximum atomic E-state index is 4.10. The Hall–Kier alpha value is -0.860. The van der Waals surface area contributed by atoms with Gasteiger partial charge in [-0.25, -0.2) is 0 Å². The molecule has 70 valence electrons. The maximum Gasteiger partial charge on any atom is 0.119 e. The van der Waals surface area contributed by atoms with Crippen LogP contribution in [-0.2, 0) is 0 Å². The molecule has 12 heavy (non-hydrogen) atoms. The molecule has 0 bridgehead atoms. The Kier molecular flexibility index (Phi) is 5.34. The van der Waals surface area contributed by atoms with E-state index in [0.29, 0.717) is 11.8 Å². The third-order valence-electron chi connectivity index (χ3n) is 1.73. The molecule has 0 saturated carbocycles. The lowest BCUT2D eigenvalue weighted by Crippen LogP contribution is -2.25. The molecule has 0 aromatic carbocycles. The molecule has 0 aromatic rings. The number of aliphatic imine (C=N–C) groups is 1. The van der Waals surface area contributed by atoms with Crippen LogP contribution in [0.15, 0.2) is 10.1 Å². The fourth-order valence-corrected chi connectivity index (χ4v) is 1.28. The first-order valence-corrected chi connectivity index (χ1v) is 4.30. The number of hydrogen-bond acceptors (Lipinski definition) is 2. The predicted molar refractivity (Wildman–Crippen MR) is 54.7 cm³/mol. The van der Waals surface area contributed by atoms with Crippen LogP contribution in [-0.4, -0.2) is 19.6 Å². The average molecular weight is 169 g/mol. The first-order chi connectivity index (χ1) is 5.61. The number of nitrogens with zero attached hydrogens (tertiary/aromatic N) is 2. The number of rotatable bonds is 4.